The monoisotopic (exact) mass is 356 g/mol. The van der Waals surface area contributed by atoms with E-state index in [9.17, 15) is 4.79 Å². The molecule has 0 N–H and O–H groups in total. The van der Waals surface area contributed by atoms with E-state index in [2.05, 4.69) is 19.1 Å². The maximum atomic E-state index is 11.8. The average molecular weight is 356 g/mol. The minimum Gasteiger partial charge on any atom is -0.497 e. The summed E-state index contributed by atoms with van der Waals surface area (Å²) in [6.45, 7) is 8.20. The third-order valence-electron chi connectivity index (χ3n) is 4.34. The van der Waals surface area contributed by atoms with E-state index in [-0.39, 0.29) is 5.78 Å². The van der Waals surface area contributed by atoms with Crippen LogP contribution >= 0.6 is 0 Å². The molecule has 0 atom stereocenters. The number of allylic oxidation sites excluding steroid dienone is 3. The molecule has 0 bridgehead atoms. The molecule has 0 spiro atoms. The van der Waals surface area contributed by atoms with Gasteiger partial charge in [0.1, 0.15) is 23.9 Å². The molecule has 4 heteroatoms. The molecule has 0 aromatic heterocycles. The van der Waals surface area contributed by atoms with Gasteiger partial charge < -0.3 is 14.2 Å². The number of ether oxygens (including phenoxy) is 3. The van der Waals surface area contributed by atoms with Gasteiger partial charge in [0.15, 0.2) is 5.60 Å². The molecule has 26 heavy (non-hydrogen) atoms. The lowest BCUT2D eigenvalue weighted by molar-refractivity contribution is -0.126. The first-order valence-corrected chi connectivity index (χ1v) is 8.86. The quantitative estimate of drug-likeness (QED) is 0.614. The van der Waals surface area contributed by atoms with Crippen molar-refractivity contribution in [3.8, 4) is 11.5 Å². The van der Waals surface area contributed by atoms with Gasteiger partial charge in [-0.3, -0.25) is 4.79 Å². The molecule has 1 aliphatic heterocycles. The number of benzene rings is 1. The summed E-state index contributed by atoms with van der Waals surface area (Å²) in [7, 11) is 1.65. The van der Waals surface area contributed by atoms with Crippen LogP contribution in [0.3, 0.4) is 0 Å². The van der Waals surface area contributed by atoms with Gasteiger partial charge in [-0.15, -0.1) is 0 Å². The summed E-state index contributed by atoms with van der Waals surface area (Å²) in [6, 6.07) is 7.55. The highest BCUT2D eigenvalue weighted by Gasteiger charge is 2.35. The summed E-state index contributed by atoms with van der Waals surface area (Å²) >= 11 is 0. The highest BCUT2D eigenvalue weighted by Crippen LogP contribution is 2.28. The molecule has 0 unspecified atom stereocenters. The highest BCUT2D eigenvalue weighted by molar-refractivity contribution is 5.99. The van der Waals surface area contributed by atoms with Crippen LogP contribution < -0.4 is 9.47 Å². The van der Waals surface area contributed by atoms with Crippen LogP contribution in [-0.4, -0.2) is 25.1 Å². The van der Waals surface area contributed by atoms with Crippen molar-refractivity contribution in [2.45, 2.75) is 46.1 Å². The Morgan fingerprint density at radius 2 is 1.77 bits per heavy atom. The van der Waals surface area contributed by atoms with Crippen LogP contribution in [0, 0.1) is 0 Å². The first-order chi connectivity index (χ1) is 12.3. The van der Waals surface area contributed by atoms with Crippen LogP contribution in [-0.2, 0) is 9.53 Å². The summed E-state index contributed by atoms with van der Waals surface area (Å²) in [4.78, 5) is 11.8. The number of methoxy groups -OCH3 is 1. The molecule has 0 saturated carbocycles. The van der Waals surface area contributed by atoms with Gasteiger partial charge in [0.05, 0.1) is 7.11 Å². The van der Waals surface area contributed by atoms with Crippen molar-refractivity contribution in [3.63, 3.8) is 0 Å². The molecule has 0 amide bonds. The third kappa shape index (κ3) is 5.51. The van der Waals surface area contributed by atoms with Crippen LogP contribution in [0.5, 0.6) is 11.5 Å². The lowest BCUT2D eigenvalue weighted by Crippen LogP contribution is -2.27. The molecule has 0 fully saturated rings. The van der Waals surface area contributed by atoms with Crippen molar-refractivity contribution >= 4 is 5.78 Å². The molecular weight excluding hydrogens is 328 g/mol. The summed E-state index contributed by atoms with van der Waals surface area (Å²) in [5.41, 5.74) is 1.53. The lowest BCUT2D eigenvalue weighted by Gasteiger charge is -2.18. The highest BCUT2D eigenvalue weighted by atomic mass is 16.5. The second kappa shape index (κ2) is 8.75. The van der Waals surface area contributed by atoms with Crippen molar-refractivity contribution in [2.24, 2.45) is 0 Å². The van der Waals surface area contributed by atoms with E-state index in [0.29, 0.717) is 12.4 Å². The predicted molar refractivity (Wildman–Crippen MR) is 103 cm³/mol. The van der Waals surface area contributed by atoms with E-state index < -0.39 is 5.60 Å². The number of carbonyl (C=O) groups is 1. The van der Waals surface area contributed by atoms with Gasteiger partial charge >= 0.3 is 0 Å². The van der Waals surface area contributed by atoms with E-state index in [1.54, 1.807) is 27.0 Å². The van der Waals surface area contributed by atoms with E-state index >= 15 is 0 Å². The van der Waals surface area contributed by atoms with Crippen molar-refractivity contribution in [3.05, 3.63) is 59.4 Å². The normalized spacial score (nSPS) is 17.0. The van der Waals surface area contributed by atoms with Gasteiger partial charge in [-0.05, 0) is 76.5 Å². The van der Waals surface area contributed by atoms with E-state index in [4.69, 9.17) is 14.2 Å². The zero-order valence-electron chi connectivity index (χ0n) is 16.3. The van der Waals surface area contributed by atoms with Crippen LogP contribution in [0.25, 0.3) is 0 Å². The predicted octanol–water partition coefficient (Wildman–Crippen LogP) is 5.01. The fourth-order valence-electron chi connectivity index (χ4n) is 2.51. The second-order valence-electron chi connectivity index (χ2n) is 6.95. The largest absolute Gasteiger partial charge is 0.497 e. The van der Waals surface area contributed by atoms with Gasteiger partial charge in [-0.2, -0.15) is 0 Å². The maximum absolute atomic E-state index is 11.8. The van der Waals surface area contributed by atoms with E-state index in [1.165, 1.54) is 5.57 Å². The van der Waals surface area contributed by atoms with E-state index in [0.717, 1.165) is 29.9 Å². The summed E-state index contributed by atoms with van der Waals surface area (Å²) in [5.74, 6) is 2.34. The molecule has 1 aromatic carbocycles. The Kier molecular flexibility index (Phi) is 6.67. The first-order valence-electron chi connectivity index (χ1n) is 8.86. The van der Waals surface area contributed by atoms with Gasteiger partial charge in [0.2, 0.25) is 5.78 Å². The second-order valence-corrected chi connectivity index (χ2v) is 6.95. The Bertz CT molecular complexity index is 721. The minimum absolute atomic E-state index is 0.0204. The fourth-order valence-corrected chi connectivity index (χ4v) is 2.51. The molecule has 1 heterocycles. The Hall–Kier alpha value is -2.49. The standard InChI is InChI=1S/C22H28O4/c1-16(13-14-25-19-11-9-18(24-5)10-12-19)7-6-8-17(2)20-15-21(23)22(3,4)26-20/h8-13,15H,6-7,14H2,1-5H3/b16-13+,17-8+. The number of hydrogen-bond donors (Lipinski definition) is 0. The molecular formula is C22H28O4. The van der Waals surface area contributed by atoms with Crippen molar-refractivity contribution in [2.75, 3.05) is 13.7 Å². The molecule has 0 saturated heterocycles. The smallest absolute Gasteiger partial charge is 0.202 e. The summed E-state index contributed by atoms with van der Waals surface area (Å²) < 4.78 is 16.5. The van der Waals surface area contributed by atoms with Crippen LogP contribution in [0.15, 0.2) is 59.4 Å². The molecule has 140 valence electrons. The molecule has 4 nitrogen and oxygen atoms in total. The summed E-state index contributed by atoms with van der Waals surface area (Å²) in [6.07, 6.45) is 7.63. The number of rotatable bonds is 8. The molecule has 0 aliphatic carbocycles. The Balaban J connectivity index is 1.77. The Labute approximate surface area is 156 Å². The lowest BCUT2D eigenvalue weighted by atomic mass is 10.1. The number of ketones is 1. The molecule has 2 rings (SSSR count). The van der Waals surface area contributed by atoms with Crippen molar-refractivity contribution < 1.29 is 19.0 Å². The van der Waals surface area contributed by atoms with Gasteiger partial charge in [0.25, 0.3) is 0 Å². The van der Waals surface area contributed by atoms with Crippen molar-refractivity contribution in [1.82, 2.24) is 0 Å². The van der Waals surface area contributed by atoms with Crippen molar-refractivity contribution in [1.29, 1.82) is 0 Å². The molecule has 1 aliphatic rings. The maximum Gasteiger partial charge on any atom is 0.202 e. The fraction of sp³-hybridized carbons (Fsp3) is 0.409. The van der Waals surface area contributed by atoms with Crippen LogP contribution in [0.4, 0.5) is 0 Å². The van der Waals surface area contributed by atoms with Gasteiger partial charge in [0, 0.05) is 6.08 Å². The molecule has 0 radical (unpaired) electrons. The van der Waals surface area contributed by atoms with Crippen LogP contribution in [0.1, 0.15) is 40.5 Å². The Morgan fingerprint density at radius 1 is 1.12 bits per heavy atom. The topological polar surface area (TPSA) is 44.8 Å². The number of hydrogen-bond acceptors (Lipinski definition) is 4. The average Bonchev–Trinajstić information content (AvgIpc) is 2.88. The minimum atomic E-state index is -0.737. The molecule has 1 aromatic rings. The van der Waals surface area contributed by atoms with Gasteiger partial charge in [-0.25, -0.2) is 0 Å². The van der Waals surface area contributed by atoms with Crippen LogP contribution in [0.2, 0.25) is 0 Å². The zero-order chi connectivity index (χ0) is 19.2. The number of carbonyl (C=O) groups excluding carboxylic acids is 1. The Morgan fingerprint density at radius 3 is 2.35 bits per heavy atom. The SMILES string of the molecule is COc1ccc(OC/C=C(\C)CC/C=C(\C)C2=CC(=O)C(C)(C)O2)cc1. The third-order valence-corrected chi connectivity index (χ3v) is 4.34. The zero-order valence-corrected chi connectivity index (χ0v) is 16.3. The van der Waals surface area contributed by atoms with Gasteiger partial charge in [-0.1, -0.05) is 11.6 Å². The van der Waals surface area contributed by atoms with E-state index in [1.807, 2.05) is 31.2 Å². The summed E-state index contributed by atoms with van der Waals surface area (Å²) in [5, 5.41) is 0. The first kappa shape index (κ1) is 19.8.